The second-order valence-electron chi connectivity index (χ2n) is 5.98. The highest BCUT2D eigenvalue weighted by molar-refractivity contribution is 7.89. The number of carbonyl (C=O) groups excluding carboxylic acids is 1. The fraction of sp³-hybridized carbons (Fsp3) is 0.211. The van der Waals surface area contributed by atoms with Crippen LogP contribution in [0.25, 0.3) is 0 Å². The Morgan fingerprint density at radius 2 is 1.72 bits per heavy atom. The second kappa shape index (κ2) is 7.21. The van der Waals surface area contributed by atoms with Gasteiger partial charge < -0.3 is 5.32 Å². The monoisotopic (exact) mass is 356 g/mol. The maximum absolute atomic E-state index is 12.6. The van der Waals surface area contributed by atoms with Gasteiger partial charge in [-0.25, -0.2) is 8.42 Å². The number of nitrogens with zero attached hydrogens (tertiary/aromatic N) is 1. The molecule has 0 atom stereocenters. The summed E-state index contributed by atoms with van der Waals surface area (Å²) in [7, 11) is -3.52. The minimum absolute atomic E-state index is 0.180. The molecule has 1 aliphatic rings. The molecule has 2 aromatic carbocycles. The van der Waals surface area contributed by atoms with E-state index in [0.717, 1.165) is 11.3 Å². The summed E-state index contributed by atoms with van der Waals surface area (Å²) >= 11 is 0. The molecular formula is C19H20N2O3S. The van der Waals surface area contributed by atoms with Crippen LogP contribution in [0.3, 0.4) is 0 Å². The van der Waals surface area contributed by atoms with Crippen LogP contribution >= 0.6 is 0 Å². The van der Waals surface area contributed by atoms with E-state index in [2.05, 4.69) is 5.32 Å². The average molecular weight is 356 g/mol. The number of nitrogens with one attached hydrogen (secondary N) is 1. The molecule has 1 amide bonds. The van der Waals surface area contributed by atoms with Gasteiger partial charge >= 0.3 is 0 Å². The first-order valence-electron chi connectivity index (χ1n) is 8.09. The number of carbonyl (C=O) groups is 1. The molecule has 25 heavy (non-hydrogen) atoms. The summed E-state index contributed by atoms with van der Waals surface area (Å²) in [6.07, 6.45) is 2.08. The summed E-state index contributed by atoms with van der Waals surface area (Å²) in [6, 6.07) is 15.9. The lowest BCUT2D eigenvalue weighted by Crippen LogP contribution is -2.36. The number of amides is 1. The van der Waals surface area contributed by atoms with E-state index in [9.17, 15) is 13.2 Å². The molecule has 3 rings (SSSR count). The SMILES string of the molecule is Cc1ccc(NC(=O)C2=CCN(S(=O)(=O)c3ccccc3)CC2)cc1. The van der Waals surface area contributed by atoms with Gasteiger partial charge in [0.25, 0.3) is 5.91 Å². The summed E-state index contributed by atoms with van der Waals surface area (Å²) in [5.74, 6) is -0.180. The van der Waals surface area contributed by atoms with Crippen LogP contribution in [0.4, 0.5) is 5.69 Å². The number of anilines is 1. The number of rotatable bonds is 4. The Kier molecular flexibility index (Phi) is 5.01. The molecule has 1 heterocycles. The van der Waals surface area contributed by atoms with Crippen molar-refractivity contribution in [2.75, 3.05) is 18.4 Å². The van der Waals surface area contributed by atoms with Crippen LogP contribution in [0.15, 0.2) is 71.1 Å². The largest absolute Gasteiger partial charge is 0.322 e. The van der Waals surface area contributed by atoms with Gasteiger partial charge in [0, 0.05) is 24.4 Å². The quantitative estimate of drug-likeness (QED) is 0.916. The van der Waals surface area contributed by atoms with Crippen LogP contribution in [-0.4, -0.2) is 31.7 Å². The molecule has 2 aromatic rings. The summed E-state index contributed by atoms with van der Waals surface area (Å²) in [5.41, 5.74) is 2.47. The number of benzene rings is 2. The van der Waals surface area contributed by atoms with Crippen LogP contribution in [0, 0.1) is 6.92 Å². The lowest BCUT2D eigenvalue weighted by molar-refractivity contribution is -0.113. The van der Waals surface area contributed by atoms with Gasteiger partial charge in [0.05, 0.1) is 4.90 Å². The third kappa shape index (κ3) is 3.97. The van der Waals surface area contributed by atoms with Crippen molar-refractivity contribution < 1.29 is 13.2 Å². The first-order chi connectivity index (χ1) is 12.0. The molecule has 0 fully saturated rings. The number of aryl methyl sites for hydroxylation is 1. The maximum Gasteiger partial charge on any atom is 0.251 e. The minimum Gasteiger partial charge on any atom is -0.322 e. The van der Waals surface area contributed by atoms with Gasteiger partial charge in [0.1, 0.15) is 0 Å². The smallest absolute Gasteiger partial charge is 0.251 e. The molecule has 0 aliphatic carbocycles. The summed E-state index contributed by atoms with van der Waals surface area (Å²) in [4.78, 5) is 12.6. The highest BCUT2D eigenvalue weighted by atomic mass is 32.2. The summed E-state index contributed by atoms with van der Waals surface area (Å²) in [6.45, 7) is 2.48. The fourth-order valence-electron chi connectivity index (χ4n) is 2.66. The van der Waals surface area contributed by atoms with E-state index in [0.29, 0.717) is 18.5 Å². The molecule has 0 saturated heterocycles. The van der Waals surface area contributed by atoms with E-state index in [1.807, 2.05) is 31.2 Å². The average Bonchev–Trinajstić information content (AvgIpc) is 2.64. The Morgan fingerprint density at radius 3 is 2.32 bits per heavy atom. The lowest BCUT2D eigenvalue weighted by Gasteiger charge is -2.25. The third-order valence-electron chi connectivity index (χ3n) is 4.15. The first-order valence-corrected chi connectivity index (χ1v) is 9.53. The molecule has 5 nitrogen and oxygen atoms in total. The van der Waals surface area contributed by atoms with E-state index < -0.39 is 10.0 Å². The zero-order valence-corrected chi connectivity index (χ0v) is 14.8. The van der Waals surface area contributed by atoms with Crippen molar-refractivity contribution in [3.8, 4) is 0 Å². The second-order valence-corrected chi connectivity index (χ2v) is 7.91. The third-order valence-corrected chi connectivity index (χ3v) is 6.03. The van der Waals surface area contributed by atoms with Gasteiger partial charge in [-0.05, 0) is 37.6 Å². The molecule has 0 saturated carbocycles. The molecule has 1 aliphatic heterocycles. The Labute approximate surface area is 148 Å². The standard InChI is InChI=1S/C19H20N2O3S/c1-15-7-9-17(10-8-15)20-19(22)16-11-13-21(14-12-16)25(23,24)18-5-3-2-4-6-18/h2-11H,12-14H2,1H3,(H,20,22). The van der Waals surface area contributed by atoms with Crippen molar-refractivity contribution >= 4 is 21.6 Å². The molecule has 0 radical (unpaired) electrons. The van der Waals surface area contributed by atoms with E-state index in [1.165, 1.54) is 4.31 Å². The molecule has 6 heteroatoms. The van der Waals surface area contributed by atoms with Crippen LogP contribution in [-0.2, 0) is 14.8 Å². The number of sulfonamides is 1. The predicted octanol–water partition coefficient (Wildman–Crippen LogP) is 2.95. The molecule has 0 bridgehead atoms. The van der Waals surface area contributed by atoms with E-state index in [4.69, 9.17) is 0 Å². The van der Waals surface area contributed by atoms with E-state index >= 15 is 0 Å². The highest BCUT2D eigenvalue weighted by Gasteiger charge is 2.27. The van der Waals surface area contributed by atoms with Gasteiger partial charge in [-0.15, -0.1) is 0 Å². The summed E-state index contributed by atoms with van der Waals surface area (Å²) in [5, 5.41) is 2.85. The Hall–Kier alpha value is -2.44. The van der Waals surface area contributed by atoms with Gasteiger partial charge in [-0.3, -0.25) is 4.79 Å². The number of hydrogen-bond donors (Lipinski definition) is 1. The lowest BCUT2D eigenvalue weighted by atomic mass is 10.1. The van der Waals surface area contributed by atoms with E-state index in [1.54, 1.807) is 36.4 Å². The van der Waals surface area contributed by atoms with Crippen LogP contribution in [0.2, 0.25) is 0 Å². The predicted molar refractivity (Wildman–Crippen MR) is 97.7 cm³/mol. The Bertz CT molecular complexity index is 888. The van der Waals surface area contributed by atoms with Crippen molar-refractivity contribution in [2.45, 2.75) is 18.2 Å². The van der Waals surface area contributed by atoms with Gasteiger partial charge in [-0.1, -0.05) is 42.0 Å². The molecule has 0 unspecified atom stereocenters. The normalized spacial score (nSPS) is 15.5. The van der Waals surface area contributed by atoms with Crippen molar-refractivity contribution in [3.05, 3.63) is 71.8 Å². The molecule has 0 aromatic heterocycles. The Balaban J connectivity index is 1.68. The van der Waals surface area contributed by atoms with Crippen LogP contribution in [0.1, 0.15) is 12.0 Å². The van der Waals surface area contributed by atoms with Crippen molar-refractivity contribution in [2.24, 2.45) is 0 Å². The van der Waals surface area contributed by atoms with Crippen molar-refractivity contribution in [3.63, 3.8) is 0 Å². The molecule has 1 N–H and O–H groups in total. The zero-order valence-electron chi connectivity index (χ0n) is 14.0. The van der Waals surface area contributed by atoms with Crippen LogP contribution < -0.4 is 5.32 Å². The fourth-order valence-corrected chi connectivity index (χ4v) is 4.07. The number of hydrogen-bond acceptors (Lipinski definition) is 3. The van der Waals surface area contributed by atoms with E-state index in [-0.39, 0.29) is 17.3 Å². The molecule has 130 valence electrons. The zero-order chi connectivity index (χ0) is 17.9. The highest BCUT2D eigenvalue weighted by Crippen LogP contribution is 2.21. The molecular weight excluding hydrogens is 336 g/mol. The summed E-state index contributed by atoms with van der Waals surface area (Å²) < 4.78 is 26.6. The maximum atomic E-state index is 12.6. The van der Waals surface area contributed by atoms with Crippen molar-refractivity contribution in [1.29, 1.82) is 0 Å². The van der Waals surface area contributed by atoms with Crippen molar-refractivity contribution in [1.82, 2.24) is 4.31 Å². The first kappa shape index (κ1) is 17.4. The van der Waals surface area contributed by atoms with Gasteiger partial charge in [0.15, 0.2) is 0 Å². The molecule has 0 spiro atoms. The minimum atomic E-state index is -3.52. The van der Waals surface area contributed by atoms with Gasteiger partial charge in [-0.2, -0.15) is 4.31 Å². The topological polar surface area (TPSA) is 66.5 Å². The van der Waals surface area contributed by atoms with Crippen LogP contribution in [0.5, 0.6) is 0 Å². The Morgan fingerprint density at radius 1 is 1.04 bits per heavy atom. The van der Waals surface area contributed by atoms with Gasteiger partial charge in [0.2, 0.25) is 10.0 Å².